The Hall–Kier alpha value is -1.53. The number of aliphatic hydroxyl groups excluding tert-OH is 1. The SMILES string of the molecule is Cc1cc(CO)ccc1N(CCC#N)C1CC1. The van der Waals surface area contributed by atoms with E-state index in [1.165, 1.54) is 24.1 Å². The molecule has 0 saturated heterocycles. The van der Waals surface area contributed by atoms with Crippen LogP contribution in [0.2, 0.25) is 0 Å². The summed E-state index contributed by atoms with van der Waals surface area (Å²) < 4.78 is 0. The summed E-state index contributed by atoms with van der Waals surface area (Å²) >= 11 is 0. The number of aliphatic hydroxyl groups is 1. The van der Waals surface area contributed by atoms with Gasteiger partial charge in [-0.25, -0.2) is 0 Å². The summed E-state index contributed by atoms with van der Waals surface area (Å²) in [6.07, 6.45) is 3.02. The molecule has 0 bridgehead atoms. The smallest absolute Gasteiger partial charge is 0.0681 e. The van der Waals surface area contributed by atoms with E-state index >= 15 is 0 Å². The molecule has 1 aliphatic carbocycles. The molecule has 2 rings (SSSR count). The molecule has 0 radical (unpaired) electrons. The van der Waals surface area contributed by atoms with Gasteiger partial charge in [0.05, 0.1) is 19.1 Å². The molecule has 0 amide bonds. The molecule has 17 heavy (non-hydrogen) atoms. The molecule has 0 aliphatic heterocycles. The Kier molecular flexibility index (Phi) is 3.65. The monoisotopic (exact) mass is 230 g/mol. The predicted molar refractivity (Wildman–Crippen MR) is 67.7 cm³/mol. The van der Waals surface area contributed by atoms with E-state index in [0.717, 1.165) is 12.1 Å². The summed E-state index contributed by atoms with van der Waals surface area (Å²) in [4.78, 5) is 2.33. The van der Waals surface area contributed by atoms with E-state index in [9.17, 15) is 0 Å². The van der Waals surface area contributed by atoms with Crippen LogP contribution in [0.1, 0.15) is 30.4 Å². The quantitative estimate of drug-likeness (QED) is 0.844. The lowest BCUT2D eigenvalue weighted by Gasteiger charge is -2.25. The third-order valence-corrected chi connectivity index (χ3v) is 3.21. The van der Waals surface area contributed by atoms with E-state index in [4.69, 9.17) is 10.4 Å². The highest BCUT2D eigenvalue weighted by molar-refractivity contribution is 5.56. The summed E-state index contributed by atoms with van der Waals surface area (Å²) in [6, 6.07) is 8.88. The number of hydrogen-bond donors (Lipinski definition) is 1. The van der Waals surface area contributed by atoms with E-state index in [2.05, 4.69) is 24.0 Å². The maximum absolute atomic E-state index is 9.10. The van der Waals surface area contributed by atoms with Gasteiger partial charge in [0, 0.05) is 18.3 Å². The standard InChI is InChI=1S/C14H18N2O/c1-11-9-12(10-17)3-6-14(11)16(8-2-7-15)13-4-5-13/h3,6,9,13,17H,2,4-5,8,10H2,1H3. The fourth-order valence-electron chi connectivity index (χ4n) is 2.19. The number of nitriles is 1. The van der Waals surface area contributed by atoms with Gasteiger partial charge < -0.3 is 10.0 Å². The zero-order chi connectivity index (χ0) is 12.3. The van der Waals surface area contributed by atoms with Gasteiger partial charge in [0.1, 0.15) is 0 Å². The zero-order valence-corrected chi connectivity index (χ0v) is 10.2. The molecule has 3 heteroatoms. The Morgan fingerprint density at radius 2 is 2.24 bits per heavy atom. The van der Waals surface area contributed by atoms with E-state index in [0.29, 0.717) is 12.5 Å². The maximum atomic E-state index is 9.10. The minimum Gasteiger partial charge on any atom is -0.392 e. The van der Waals surface area contributed by atoms with Gasteiger partial charge in [-0.05, 0) is 37.0 Å². The van der Waals surface area contributed by atoms with Crippen LogP contribution in [0.3, 0.4) is 0 Å². The number of nitrogens with zero attached hydrogens (tertiary/aromatic N) is 2. The molecule has 1 N–H and O–H groups in total. The van der Waals surface area contributed by atoms with Crippen molar-refractivity contribution in [1.82, 2.24) is 0 Å². The summed E-state index contributed by atoms with van der Waals surface area (Å²) in [5, 5.41) is 17.8. The molecule has 90 valence electrons. The highest BCUT2D eigenvalue weighted by atomic mass is 16.3. The first kappa shape index (κ1) is 11.9. The second kappa shape index (κ2) is 5.20. The molecule has 1 aromatic carbocycles. The summed E-state index contributed by atoms with van der Waals surface area (Å²) in [5.74, 6) is 0. The van der Waals surface area contributed by atoms with Crippen molar-refractivity contribution in [3.63, 3.8) is 0 Å². The van der Waals surface area contributed by atoms with Crippen molar-refractivity contribution >= 4 is 5.69 Å². The highest BCUT2D eigenvalue weighted by Gasteiger charge is 2.29. The lowest BCUT2D eigenvalue weighted by atomic mass is 10.1. The van der Waals surface area contributed by atoms with E-state index in [1.54, 1.807) is 0 Å². The normalized spacial score (nSPS) is 14.4. The number of aryl methyl sites for hydroxylation is 1. The molecule has 1 aliphatic rings. The second-order valence-electron chi connectivity index (χ2n) is 4.61. The van der Waals surface area contributed by atoms with E-state index in [1.807, 2.05) is 12.1 Å². The topological polar surface area (TPSA) is 47.3 Å². The first-order chi connectivity index (χ1) is 8.26. The highest BCUT2D eigenvalue weighted by Crippen LogP contribution is 2.33. The fourth-order valence-corrected chi connectivity index (χ4v) is 2.19. The van der Waals surface area contributed by atoms with Crippen LogP contribution in [-0.2, 0) is 6.61 Å². The van der Waals surface area contributed by atoms with Gasteiger partial charge in [-0.15, -0.1) is 0 Å². The summed E-state index contributed by atoms with van der Waals surface area (Å²) in [5.41, 5.74) is 3.34. The average Bonchev–Trinajstić information content (AvgIpc) is 3.15. The first-order valence-electron chi connectivity index (χ1n) is 6.10. The van der Waals surface area contributed by atoms with Gasteiger partial charge in [-0.1, -0.05) is 12.1 Å². The number of anilines is 1. The summed E-state index contributed by atoms with van der Waals surface area (Å²) in [6.45, 7) is 2.96. The van der Waals surface area contributed by atoms with Crippen LogP contribution >= 0.6 is 0 Å². The minimum atomic E-state index is 0.0861. The third kappa shape index (κ3) is 2.78. The van der Waals surface area contributed by atoms with Crippen LogP contribution in [0, 0.1) is 18.3 Å². The molecule has 0 unspecified atom stereocenters. The Morgan fingerprint density at radius 1 is 1.47 bits per heavy atom. The predicted octanol–water partition coefficient (Wildman–Crippen LogP) is 2.37. The number of hydrogen-bond acceptors (Lipinski definition) is 3. The van der Waals surface area contributed by atoms with Gasteiger partial charge in [0.25, 0.3) is 0 Å². The molecule has 0 heterocycles. The van der Waals surface area contributed by atoms with Crippen LogP contribution in [0.25, 0.3) is 0 Å². The third-order valence-electron chi connectivity index (χ3n) is 3.21. The van der Waals surface area contributed by atoms with Crippen LogP contribution in [0.15, 0.2) is 18.2 Å². The average molecular weight is 230 g/mol. The fraction of sp³-hybridized carbons (Fsp3) is 0.500. The van der Waals surface area contributed by atoms with Crippen LogP contribution in [-0.4, -0.2) is 17.7 Å². The van der Waals surface area contributed by atoms with Crippen molar-refractivity contribution in [2.75, 3.05) is 11.4 Å². The van der Waals surface area contributed by atoms with Crippen molar-refractivity contribution in [3.05, 3.63) is 29.3 Å². The molecule has 1 saturated carbocycles. The lowest BCUT2D eigenvalue weighted by Crippen LogP contribution is -2.27. The number of rotatable bonds is 5. The molecule has 1 fully saturated rings. The molecular formula is C14H18N2O. The largest absolute Gasteiger partial charge is 0.392 e. The van der Waals surface area contributed by atoms with Crippen molar-refractivity contribution < 1.29 is 5.11 Å². The Labute approximate surface area is 102 Å². The maximum Gasteiger partial charge on any atom is 0.0681 e. The van der Waals surface area contributed by atoms with Crippen LogP contribution < -0.4 is 4.90 Å². The van der Waals surface area contributed by atoms with Gasteiger partial charge in [-0.2, -0.15) is 5.26 Å². The van der Waals surface area contributed by atoms with Crippen molar-refractivity contribution in [2.45, 2.75) is 38.8 Å². The van der Waals surface area contributed by atoms with E-state index in [-0.39, 0.29) is 6.61 Å². The zero-order valence-electron chi connectivity index (χ0n) is 10.2. The first-order valence-corrected chi connectivity index (χ1v) is 6.10. The Bertz CT molecular complexity index is 432. The van der Waals surface area contributed by atoms with Gasteiger partial charge in [0.2, 0.25) is 0 Å². The molecule has 0 atom stereocenters. The van der Waals surface area contributed by atoms with Crippen molar-refractivity contribution in [3.8, 4) is 6.07 Å². The molecule has 3 nitrogen and oxygen atoms in total. The molecule has 0 aromatic heterocycles. The van der Waals surface area contributed by atoms with Crippen LogP contribution in [0.5, 0.6) is 0 Å². The van der Waals surface area contributed by atoms with Gasteiger partial charge in [-0.3, -0.25) is 0 Å². The van der Waals surface area contributed by atoms with Crippen molar-refractivity contribution in [1.29, 1.82) is 5.26 Å². The van der Waals surface area contributed by atoms with E-state index < -0.39 is 0 Å². The number of benzene rings is 1. The van der Waals surface area contributed by atoms with Crippen LogP contribution in [0.4, 0.5) is 5.69 Å². The second-order valence-corrected chi connectivity index (χ2v) is 4.61. The molecule has 1 aromatic rings. The minimum absolute atomic E-state index is 0.0861. The van der Waals surface area contributed by atoms with Gasteiger partial charge >= 0.3 is 0 Å². The lowest BCUT2D eigenvalue weighted by molar-refractivity contribution is 0.282. The molecule has 0 spiro atoms. The molecular weight excluding hydrogens is 212 g/mol. The van der Waals surface area contributed by atoms with Gasteiger partial charge in [0.15, 0.2) is 0 Å². The van der Waals surface area contributed by atoms with Crippen molar-refractivity contribution in [2.24, 2.45) is 0 Å². The Morgan fingerprint density at radius 3 is 2.76 bits per heavy atom. The Balaban J connectivity index is 2.20. The summed E-state index contributed by atoms with van der Waals surface area (Å²) in [7, 11) is 0.